The van der Waals surface area contributed by atoms with Crippen molar-refractivity contribution >= 4 is 5.78 Å². The highest BCUT2D eigenvalue weighted by molar-refractivity contribution is 5.85. The second-order valence-electron chi connectivity index (χ2n) is 15.4. The van der Waals surface area contributed by atoms with E-state index in [2.05, 4.69) is 41.5 Å². The quantitative estimate of drug-likeness (QED) is 0.458. The second-order valence-corrected chi connectivity index (χ2v) is 15.4. The van der Waals surface area contributed by atoms with E-state index in [1.165, 1.54) is 57.8 Å². The molecule has 0 aromatic heterocycles. The van der Waals surface area contributed by atoms with Gasteiger partial charge < -0.3 is 5.11 Å². The summed E-state index contributed by atoms with van der Waals surface area (Å²) in [5.41, 5.74) is 0.416. The third-order valence-corrected chi connectivity index (χ3v) is 13.2. The van der Waals surface area contributed by atoms with E-state index in [9.17, 15) is 9.90 Å². The molecule has 0 heterocycles. The Morgan fingerprint density at radius 2 is 1.41 bits per heavy atom. The number of rotatable bonds is 1. The molecule has 0 amide bonds. The first-order valence-electron chi connectivity index (χ1n) is 13.9. The highest BCUT2D eigenvalue weighted by Crippen LogP contribution is 2.77. The van der Waals surface area contributed by atoms with E-state index in [0.717, 1.165) is 6.42 Å². The highest BCUT2D eigenvalue weighted by atomic mass is 16.3. The van der Waals surface area contributed by atoms with Gasteiger partial charge >= 0.3 is 0 Å². The lowest BCUT2D eigenvalue weighted by molar-refractivity contribution is -0.235. The molecule has 2 nitrogen and oxygen atoms in total. The fourth-order valence-corrected chi connectivity index (χ4v) is 12.0. The van der Waals surface area contributed by atoms with Crippen molar-refractivity contribution in [2.45, 2.75) is 125 Å². The largest absolute Gasteiger partial charge is 0.390 e. The van der Waals surface area contributed by atoms with Crippen molar-refractivity contribution in [1.82, 2.24) is 0 Å². The average molecular weight is 443 g/mol. The summed E-state index contributed by atoms with van der Waals surface area (Å²) in [6.45, 7) is 19.1. The van der Waals surface area contributed by atoms with Gasteiger partial charge in [-0.2, -0.15) is 0 Å². The van der Waals surface area contributed by atoms with Gasteiger partial charge in [0.1, 0.15) is 5.78 Å². The first-order valence-corrected chi connectivity index (χ1v) is 13.9. The van der Waals surface area contributed by atoms with Gasteiger partial charge in [-0.25, -0.2) is 0 Å². The summed E-state index contributed by atoms with van der Waals surface area (Å²) in [5, 5.41) is 11.0. The predicted molar refractivity (Wildman–Crippen MR) is 131 cm³/mol. The lowest BCUT2D eigenvalue weighted by Gasteiger charge is -2.72. The number of carbonyl (C=O) groups is 1. The van der Waals surface area contributed by atoms with E-state index in [-0.39, 0.29) is 27.6 Å². The molecular weight excluding hydrogens is 392 g/mol. The molecule has 0 aliphatic heterocycles. The molecule has 5 rings (SSSR count). The highest BCUT2D eigenvalue weighted by Gasteiger charge is 2.72. The Morgan fingerprint density at radius 3 is 2.03 bits per heavy atom. The van der Waals surface area contributed by atoms with Crippen molar-refractivity contribution in [3.8, 4) is 0 Å². The summed E-state index contributed by atoms with van der Waals surface area (Å²) in [7, 11) is 0. The van der Waals surface area contributed by atoms with Gasteiger partial charge in [0.2, 0.25) is 0 Å². The van der Waals surface area contributed by atoms with Gasteiger partial charge in [-0.1, -0.05) is 48.0 Å². The van der Waals surface area contributed by atoms with Crippen LogP contribution >= 0.6 is 0 Å². The molecule has 0 saturated heterocycles. The minimum atomic E-state index is -0.577. The first-order chi connectivity index (χ1) is 14.6. The van der Waals surface area contributed by atoms with Crippen LogP contribution in [0.15, 0.2) is 0 Å². The number of hydrogen-bond acceptors (Lipinski definition) is 2. The maximum Gasteiger partial charge on any atom is 0.137 e. The van der Waals surface area contributed by atoms with Crippen molar-refractivity contribution in [2.75, 3.05) is 0 Å². The molecule has 32 heavy (non-hydrogen) atoms. The van der Waals surface area contributed by atoms with Crippen molar-refractivity contribution in [2.24, 2.45) is 56.7 Å². The number of aliphatic hydroxyl groups is 1. The van der Waals surface area contributed by atoms with E-state index in [1.807, 2.05) is 13.8 Å². The first kappa shape index (κ1) is 23.4. The van der Waals surface area contributed by atoms with E-state index >= 15 is 0 Å². The van der Waals surface area contributed by atoms with Crippen LogP contribution in [0, 0.1) is 56.7 Å². The standard InChI is InChI=1S/C30H50O2/c1-25(2)14-9-15-28(6)23-11-10-22-27(5)16-12-19(26(3,4)32)20(27)13-17-29(22,7)30(23,8)18-21(31)24(25)28/h19-20,22-24,32H,9-18H2,1-8H3. The molecule has 182 valence electrons. The molecule has 9 unspecified atom stereocenters. The Kier molecular flexibility index (Phi) is 4.85. The van der Waals surface area contributed by atoms with Crippen molar-refractivity contribution in [3.05, 3.63) is 0 Å². The van der Waals surface area contributed by atoms with Crippen LogP contribution < -0.4 is 0 Å². The molecule has 0 spiro atoms. The molecule has 2 heteroatoms. The summed E-state index contributed by atoms with van der Waals surface area (Å²) in [6.07, 6.45) is 12.1. The Labute approximate surface area is 197 Å². The zero-order chi connectivity index (χ0) is 23.5. The molecule has 5 saturated carbocycles. The summed E-state index contributed by atoms with van der Waals surface area (Å²) >= 11 is 0. The number of hydrogen-bond donors (Lipinski definition) is 1. The van der Waals surface area contributed by atoms with Crippen LogP contribution in [0.2, 0.25) is 0 Å². The van der Waals surface area contributed by atoms with Gasteiger partial charge in [-0.05, 0) is 116 Å². The van der Waals surface area contributed by atoms with Gasteiger partial charge in [-0.3, -0.25) is 4.79 Å². The minimum absolute atomic E-state index is 0.118. The maximum absolute atomic E-state index is 14.0. The number of carbonyl (C=O) groups excluding carboxylic acids is 1. The molecular formula is C30H50O2. The Hall–Kier alpha value is -0.370. The van der Waals surface area contributed by atoms with E-state index in [4.69, 9.17) is 0 Å². The van der Waals surface area contributed by atoms with Crippen LogP contribution in [-0.4, -0.2) is 16.5 Å². The lowest BCUT2D eigenvalue weighted by Crippen LogP contribution is -2.68. The fourth-order valence-electron chi connectivity index (χ4n) is 12.0. The average Bonchev–Trinajstić information content (AvgIpc) is 2.98. The molecule has 5 aliphatic rings. The van der Waals surface area contributed by atoms with Crippen LogP contribution in [0.4, 0.5) is 0 Å². The Bertz CT molecular complexity index is 806. The summed E-state index contributed by atoms with van der Waals surface area (Å²) in [6, 6.07) is 0. The molecule has 0 radical (unpaired) electrons. The smallest absolute Gasteiger partial charge is 0.137 e. The van der Waals surface area contributed by atoms with E-state index in [1.54, 1.807) is 0 Å². The molecule has 5 fully saturated rings. The molecule has 0 bridgehead atoms. The zero-order valence-corrected chi connectivity index (χ0v) is 22.3. The van der Waals surface area contributed by atoms with Crippen molar-refractivity contribution < 1.29 is 9.90 Å². The van der Waals surface area contributed by atoms with Crippen LogP contribution in [0.3, 0.4) is 0 Å². The third-order valence-electron chi connectivity index (χ3n) is 13.2. The maximum atomic E-state index is 14.0. The summed E-state index contributed by atoms with van der Waals surface area (Å²) < 4.78 is 0. The van der Waals surface area contributed by atoms with Crippen molar-refractivity contribution in [3.63, 3.8) is 0 Å². The second kappa shape index (κ2) is 6.64. The number of fused-ring (bicyclic) bond motifs is 7. The lowest BCUT2D eigenvalue weighted by atomic mass is 9.31. The van der Waals surface area contributed by atoms with Gasteiger partial charge in [0.05, 0.1) is 5.60 Å². The number of Topliss-reactive ketones (excluding diaryl/α,β-unsaturated/α-hetero) is 1. The van der Waals surface area contributed by atoms with Gasteiger partial charge in [0, 0.05) is 12.3 Å². The monoisotopic (exact) mass is 442 g/mol. The molecule has 1 N–H and O–H groups in total. The van der Waals surface area contributed by atoms with Gasteiger partial charge in [0.15, 0.2) is 0 Å². The molecule has 0 aromatic carbocycles. The third kappa shape index (κ3) is 2.71. The topological polar surface area (TPSA) is 37.3 Å². The van der Waals surface area contributed by atoms with E-state index < -0.39 is 5.60 Å². The van der Waals surface area contributed by atoms with E-state index in [0.29, 0.717) is 34.9 Å². The molecule has 0 aromatic rings. The number of ketones is 1. The molecule has 9 atom stereocenters. The zero-order valence-electron chi connectivity index (χ0n) is 22.3. The minimum Gasteiger partial charge on any atom is -0.390 e. The van der Waals surface area contributed by atoms with Crippen LogP contribution in [0.5, 0.6) is 0 Å². The van der Waals surface area contributed by atoms with Crippen LogP contribution in [0.25, 0.3) is 0 Å². The van der Waals surface area contributed by atoms with Crippen LogP contribution in [0.1, 0.15) is 120 Å². The fraction of sp³-hybridized carbons (Fsp3) is 0.967. The Morgan fingerprint density at radius 1 is 0.781 bits per heavy atom. The molecule has 5 aliphatic carbocycles. The normalized spacial score (nSPS) is 54.9. The van der Waals surface area contributed by atoms with Gasteiger partial charge in [0.25, 0.3) is 0 Å². The summed E-state index contributed by atoms with van der Waals surface area (Å²) in [5.74, 6) is 3.26. The van der Waals surface area contributed by atoms with Crippen LogP contribution in [-0.2, 0) is 4.79 Å². The van der Waals surface area contributed by atoms with Gasteiger partial charge in [-0.15, -0.1) is 0 Å². The summed E-state index contributed by atoms with van der Waals surface area (Å²) in [4.78, 5) is 14.0. The Balaban J connectivity index is 1.55. The predicted octanol–water partition coefficient (Wildman–Crippen LogP) is 7.43. The SMILES string of the molecule is CC(C)(O)C1CCC2(C)C1CCC1(C)C2CCC2C3(C)CCCC(C)(C)C3C(=O)CC21C. The van der Waals surface area contributed by atoms with Crippen molar-refractivity contribution in [1.29, 1.82) is 0 Å².